The SMILES string of the molecule is O=C(O)c1c(Cl)c(Cl)c(Cl)c(Cl)c1C1c2cc(Br)c(O)c(Br)c2Oc2c1cc(Br)c(O)c2Br.O=C(O)c1c(Cl)c(Cl)c(Cl)c(Cl)c1C1c2cc(Br)c(O)c(Br)c2Oc2c1cc(Br)c(O)c2Br.O=C([O-])c1c(Cl)c(Cl)c(Cl)c(Cl)c1C1c2cc(Br)c([O-])c(Br)c2Oc2c1cc(Br)c([O-])c2Br.[Al+3]. The van der Waals surface area contributed by atoms with E-state index in [9.17, 15) is 60.3 Å². The number of benzene rings is 9. The Morgan fingerprint density at radius 2 is 0.510 bits per heavy atom. The van der Waals surface area contributed by atoms with E-state index in [2.05, 4.69) is 191 Å². The van der Waals surface area contributed by atoms with E-state index >= 15 is 0 Å². The number of ether oxygens (including phenoxy) is 3. The number of phenolic OH excluding ortho intramolecular Hbond substituents is 4. The maximum absolute atomic E-state index is 12.6. The van der Waals surface area contributed by atoms with Crippen LogP contribution in [0, 0.1) is 0 Å². The largest absolute Gasteiger partial charge is 3.00 e. The zero-order valence-electron chi connectivity index (χ0n) is 46.7. The molecule has 0 saturated carbocycles. The maximum atomic E-state index is 12.6. The van der Waals surface area contributed by atoms with Crippen LogP contribution in [0.4, 0.5) is 0 Å². The number of carbonyl (C=O) groups is 3. The van der Waals surface area contributed by atoms with Crippen molar-refractivity contribution in [1.82, 2.24) is 0 Å². The first kappa shape index (κ1) is 83.4. The number of fused-ring (bicyclic) bond motifs is 6. The van der Waals surface area contributed by atoms with Gasteiger partial charge in [-0.2, -0.15) is 0 Å². The molecule has 0 amide bonds. The van der Waals surface area contributed by atoms with Crippen LogP contribution >= 0.6 is 330 Å². The van der Waals surface area contributed by atoms with Crippen molar-refractivity contribution in [2.75, 3.05) is 0 Å². The smallest absolute Gasteiger partial charge is 0.871 e. The third kappa shape index (κ3) is 14.3. The van der Waals surface area contributed by atoms with Crippen LogP contribution in [-0.4, -0.2) is 65.9 Å². The van der Waals surface area contributed by atoms with Gasteiger partial charge in [0.2, 0.25) is 0 Å². The van der Waals surface area contributed by atoms with Crippen LogP contribution in [0.3, 0.4) is 0 Å². The molecule has 40 heteroatoms. The van der Waals surface area contributed by atoms with Crippen molar-refractivity contribution in [3.05, 3.63) is 217 Å². The molecule has 6 N–H and O–H groups in total. The number of carbonyl (C=O) groups excluding carboxylic acids is 1. The molecule has 15 nitrogen and oxygen atoms in total. The summed E-state index contributed by atoms with van der Waals surface area (Å²) in [6.07, 6.45) is 0. The fraction of sp³-hybridized carbons (Fsp3) is 0.0500. The quantitative estimate of drug-likeness (QED) is 0.0513. The molecule has 0 bridgehead atoms. The van der Waals surface area contributed by atoms with E-state index in [0.717, 1.165) is 0 Å². The van der Waals surface area contributed by atoms with Gasteiger partial charge >= 0.3 is 29.3 Å². The molecule has 516 valence electrons. The fourth-order valence-corrected chi connectivity index (χ4v) is 21.2. The van der Waals surface area contributed by atoms with Gasteiger partial charge < -0.3 is 65.0 Å². The van der Waals surface area contributed by atoms with Gasteiger partial charge in [0, 0.05) is 76.8 Å². The van der Waals surface area contributed by atoms with Gasteiger partial charge in [0.1, 0.15) is 75.4 Å². The summed E-state index contributed by atoms with van der Waals surface area (Å²) >= 11 is 115. The van der Waals surface area contributed by atoms with Gasteiger partial charge in [-0.1, -0.05) is 183 Å². The second kappa shape index (κ2) is 32.1. The predicted octanol–water partition coefficient (Wildman–Crippen LogP) is 26.3. The third-order valence-electron chi connectivity index (χ3n) is 14.9. The zero-order valence-corrected chi connectivity index (χ0v) is 76.0. The first-order valence-corrected chi connectivity index (χ1v) is 39.7. The molecular formula is C60H15AlBr12Cl12O15. The van der Waals surface area contributed by atoms with Crippen molar-refractivity contribution in [2.24, 2.45) is 0 Å². The molecule has 0 atom stereocenters. The minimum Gasteiger partial charge on any atom is -0.871 e. The number of carboxylic acids is 3. The molecule has 12 rings (SSSR count). The van der Waals surface area contributed by atoms with E-state index < -0.39 is 52.7 Å². The van der Waals surface area contributed by atoms with E-state index in [1.54, 1.807) is 24.3 Å². The van der Waals surface area contributed by atoms with Gasteiger partial charge in [0.05, 0.1) is 104 Å². The van der Waals surface area contributed by atoms with E-state index in [1.165, 1.54) is 12.1 Å². The summed E-state index contributed by atoms with van der Waals surface area (Å²) < 4.78 is 20.5. The summed E-state index contributed by atoms with van der Waals surface area (Å²) in [5.41, 5.74) is 1.31. The first-order chi connectivity index (χ1) is 46.1. The summed E-state index contributed by atoms with van der Waals surface area (Å²) in [6, 6.07) is 9.20. The van der Waals surface area contributed by atoms with Crippen molar-refractivity contribution in [3.8, 4) is 69.0 Å². The van der Waals surface area contributed by atoms with Crippen LogP contribution in [0.25, 0.3) is 0 Å². The Morgan fingerprint density at radius 1 is 0.320 bits per heavy atom. The van der Waals surface area contributed by atoms with Gasteiger partial charge in [-0.15, -0.1) is 0 Å². The van der Waals surface area contributed by atoms with Crippen molar-refractivity contribution < 1.29 is 74.6 Å². The van der Waals surface area contributed by atoms with Crippen LogP contribution in [0.15, 0.2) is 90.1 Å². The molecule has 3 heterocycles. The molecule has 0 aliphatic carbocycles. The average Bonchev–Trinajstić information content (AvgIpc) is 0.731. The zero-order chi connectivity index (χ0) is 73.5. The minimum atomic E-state index is -1.65. The Morgan fingerprint density at radius 3 is 0.730 bits per heavy atom. The molecule has 0 radical (unpaired) electrons. The van der Waals surface area contributed by atoms with E-state index in [1.807, 2.05) is 0 Å². The Kier molecular flexibility index (Phi) is 26.8. The van der Waals surface area contributed by atoms with Gasteiger partial charge in [-0.05, 0) is 201 Å². The summed E-state index contributed by atoms with van der Waals surface area (Å²) in [5.74, 6) is -7.85. The Balaban J connectivity index is 0.000000174. The summed E-state index contributed by atoms with van der Waals surface area (Å²) in [5, 5.41) is 96.7. The molecule has 0 saturated heterocycles. The van der Waals surface area contributed by atoms with E-state index in [4.69, 9.17) is 153 Å². The molecule has 3 aliphatic heterocycles. The minimum absolute atomic E-state index is 0. The Labute approximate surface area is 733 Å². The van der Waals surface area contributed by atoms with Crippen molar-refractivity contribution in [1.29, 1.82) is 0 Å². The molecule has 0 spiro atoms. The van der Waals surface area contributed by atoms with Gasteiger partial charge in [0.15, 0.2) is 0 Å². The molecule has 0 unspecified atom stereocenters. The van der Waals surface area contributed by atoms with Crippen LogP contribution in [0.1, 0.15) is 98.9 Å². The van der Waals surface area contributed by atoms with Crippen LogP contribution in [0.5, 0.6) is 69.0 Å². The standard InChI is InChI=1S/3C20H6Br4Cl4O5.Al/c3*21-5-1-3-7(8-9(20(31)32)13(26)15(28)14(27)12(8)25)4-2-6(22)17(30)11(24)19(4)33-18(3)10(23)16(5)29;/h3*1-2,7,29-30H,(H,31,32);/q;;;+3/p-3. The number of aromatic hydroxyl groups is 4. The first-order valence-electron chi connectivity index (χ1n) is 25.6. The van der Waals surface area contributed by atoms with Crippen molar-refractivity contribution in [3.63, 3.8) is 0 Å². The Hall–Kier alpha value is -0.638. The number of halogens is 24. The molecule has 100 heavy (non-hydrogen) atoms. The van der Waals surface area contributed by atoms with Gasteiger partial charge in [-0.3, -0.25) is 0 Å². The summed E-state index contributed by atoms with van der Waals surface area (Å²) in [7, 11) is 0. The van der Waals surface area contributed by atoms with E-state index in [-0.39, 0.29) is 199 Å². The summed E-state index contributed by atoms with van der Waals surface area (Å²) in [4.78, 5) is 36.8. The second-order valence-corrected chi connectivity index (χ2v) is 34.7. The van der Waals surface area contributed by atoms with Crippen LogP contribution in [-0.2, 0) is 0 Å². The van der Waals surface area contributed by atoms with Gasteiger partial charge in [-0.25, -0.2) is 9.59 Å². The number of rotatable bonds is 6. The maximum Gasteiger partial charge on any atom is 3.00 e. The van der Waals surface area contributed by atoms with Gasteiger partial charge in [0.25, 0.3) is 0 Å². The fourth-order valence-electron chi connectivity index (χ4n) is 10.7. The van der Waals surface area contributed by atoms with Crippen molar-refractivity contribution >= 4 is 366 Å². The predicted molar refractivity (Wildman–Crippen MR) is 423 cm³/mol. The normalized spacial score (nSPS) is 12.7. The summed E-state index contributed by atoms with van der Waals surface area (Å²) in [6.45, 7) is 0. The Bertz CT molecular complexity index is 4510. The van der Waals surface area contributed by atoms with E-state index in [0.29, 0.717) is 51.3 Å². The second-order valence-electron chi connectivity index (χ2n) is 20.2. The van der Waals surface area contributed by atoms with Crippen LogP contribution < -0.4 is 29.5 Å². The van der Waals surface area contributed by atoms with Crippen LogP contribution in [0.2, 0.25) is 60.3 Å². The number of phenols is 4. The molecule has 9 aromatic carbocycles. The third-order valence-corrected chi connectivity index (χ3v) is 28.3. The van der Waals surface area contributed by atoms with Crippen molar-refractivity contribution in [2.45, 2.75) is 17.8 Å². The molecular weight excluding hydrogens is 2370 g/mol. The number of hydrogen-bond acceptors (Lipinski definition) is 13. The number of aromatic carboxylic acids is 3. The molecule has 0 fully saturated rings. The number of hydrogen-bond donors (Lipinski definition) is 6. The average molecular weight is 2390 g/mol. The molecule has 9 aromatic rings. The monoisotopic (exact) mass is 2370 g/mol. The molecule has 3 aliphatic rings. The topological polar surface area (TPSA) is 269 Å². The number of carboxylic acid groups (broad SMARTS) is 3. The molecule has 0 aromatic heterocycles.